The number of carbonyl (C=O) groups is 1. The number of fused-ring (bicyclic) bond motifs is 2. The number of nitrogens with one attached hydrogen (secondary N) is 1. The highest BCUT2D eigenvalue weighted by Crippen LogP contribution is 2.53. The van der Waals surface area contributed by atoms with E-state index >= 15 is 0 Å². The lowest BCUT2D eigenvalue weighted by molar-refractivity contribution is -0.172. The zero-order chi connectivity index (χ0) is 26.6. The van der Waals surface area contributed by atoms with Crippen LogP contribution in [0, 0.1) is 35.1 Å². The van der Waals surface area contributed by atoms with E-state index in [1.807, 2.05) is 0 Å². The maximum atomic E-state index is 14.7. The summed E-state index contributed by atoms with van der Waals surface area (Å²) in [6.07, 6.45) is -2.02. The summed E-state index contributed by atoms with van der Waals surface area (Å²) in [7, 11) is -4.34. The van der Waals surface area contributed by atoms with E-state index in [2.05, 4.69) is 5.32 Å². The van der Waals surface area contributed by atoms with Crippen LogP contribution in [-0.2, 0) is 9.84 Å². The third-order valence-electron chi connectivity index (χ3n) is 7.38. The maximum Gasteiger partial charge on any atom is 0.255 e. The van der Waals surface area contributed by atoms with Crippen molar-refractivity contribution in [3.8, 4) is 0 Å². The molecule has 12 heteroatoms. The summed E-state index contributed by atoms with van der Waals surface area (Å²) < 4.78 is 81.5. The van der Waals surface area contributed by atoms with Crippen molar-refractivity contribution < 1.29 is 46.1 Å². The standard InChI is InChI=1S/C24H25F4NO6S/c1-11(30)22(31)24(33)13-3-4-14(24)8-16(7-13)36(34,35)20-6-12(2-5-17(20)25)23(32)29-15-9-18(26)21(28)19(27)10-15/h2,5-6,9-11,13-14,16,22,30-31,33H,3-4,7-8H2,1H3,(H,29,32)/t11-,13?,14?,16?,22+,24?/m0/s1. The number of halogens is 4. The quantitative estimate of drug-likeness (QED) is 0.336. The Morgan fingerprint density at radius 2 is 1.56 bits per heavy atom. The number of amides is 1. The maximum absolute atomic E-state index is 14.7. The lowest BCUT2D eigenvalue weighted by Gasteiger charge is -2.46. The molecule has 4 rings (SSSR count). The van der Waals surface area contributed by atoms with Crippen LogP contribution < -0.4 is 5.32 Å². The Morgan fingerprint density at radius 1 is 1.00 bits per heavy atom. The highest BCUT2D eigenvalue weighted by Gasteiger charge is 2.59. The van der Waals surface area contributed by atoms with E-state index in [0.717, 1.165) is 18.2 Å². The summed E-state index contributed by atoms with van der Waals surface area (Å²) in [6.45, 7) is 1.32. The fourth-order valence-electron chi connectivity index (χ4n) is 5.54. The number of aliphatic hydroxyl groups is 3. The van der Waals surface area contributed by atoms with Crippen molar-refractivity contribution in [3.05, 3.63) is 59.2 Å². The first-order valence-electron chi connectivity index (χ1n) is 11.3. The molecule has 2 aromatic rings. The number of hydrogen-bond acceptors (Lipinski definition) is 6. The van der Waals surface area contributed by atoms with E-state index in [9.17, 15) is 46.1 Å². The average Bonchev–Trinajstić information content (AvgIpc) is 2.98. The molecular formula is C24H25F4NO6S. The molecule has 0 radical (unpaired) electrons. The van der Waals surface area contributed by atoms with Gasteiger partial charge in [-0.2, -0.15) is 0 Å². The summed E-state index contributed by atoms with van der Waals surface area (Å²) >= 11 is 0. The SMILES string of the molecule is C[C@H](O)[C@@H](O)C1(O)C2CCC1CC(S(=O)(=O)c1cc(C(=O)Nc3cc(F)c(F)c(F)c3)ccc1F)C2. The second kappa shape index (κ2) is 9.40. The summed E-state index contributed by atoms with van der Waals surface area (Å²) in [6, 6.07) is 3.65. The molecule has 4 N–H and O–H groups in total. The van der Waals surface area contributed by atoms with Gasteiger partial charge in [-0.15, -0.1) is 0 Å². The third-order valence-corrected chi connectivity index (χ3v) is 9.57. The van der Waals surface area contributed by atoms with Crippen LogP contribution in [0.3, 0.4) is 0 Å². The first-order valence-corrected chi connectivity index (χ1v) is 12.9. The van der Waals surface area contributed by atoms with Crippen molar-refractivity contribution >= 4 is 21.4 Å². The molecule has 2 unspecified atom stereocenters. The predicted molar refractivity (Wildman–Crippen MR) is 120 cm³/mol. The van der Waals surface area contributed by atoms with E-state index in [-0.39, 0.29) is 18.4 Å². The van der Waals surface area contributed by atoms with E-state index in [0.29, 0.717) is 25.0 Å². The van der Waals surface area contributed by atoms with Crippen LogP contribution in [0.1, 0.15) is 43.0 Å². The van der Waals surface area contributed by atoms with Gasteiger partial charge in [-0.05, 0) is 62.6 Å². The molecule has 2 aliphatic carbocycles. The van der Waals surface area contributed by atoms with Crippen molar-refractivity contribution in [1.29, 1.82) is 0 Å². The number of rotatable bonds is 6. The molecular weight excluding hydrogens is 506 g/mol. The summed E-state index contributed by atoms with van der Waals surface area (Å²) in [5, 5.41) is 32.3. The van der Waals surface area contributed by atoms with Gasteiger partial charge >= 0.3 is 0 Å². The van der Waals surface area contributed by atoms with E-state index < -0.39 is 84.5 Å². The second-order valence-electron chi connectivity index (χ2n) is 9.54. The summed E-state index contributed by atoms with van der Waals surface area (Å²) in [5.41, 5.74) is -2.41. The Bertz CT molecular complexity index is 1260. The van der Waals surface area contributed by atoms with Gasteiger partial charge in [0.25, 0.3) is 5.91 Å². The molecule has 1 amide bonds. The number of hydrogen-bond donors (Lipinski definition) is 4. The van der Waals surface area contributed by atoms with Gasteiger partial charge in [0, 0.05) is 23.4 Å². The Labute approximate surface area is 204 Å². The van der Waals surface area contributed by atoms with Crippen LogP contribution in [0.15, 0.2) is 35.2 Å². The first-order chi connectivity index (χ1) is 16.8. The minimum absolute atomic E-state index is 0.0802. The fourth-order valence-corrected chi connectivity index (χ4v) is 7.50. The zero-order valence-electron chi connectivity index (χ0n) is 19.1. The van der Waals surface area contributed by atoms with Crippen LogP contribution in [-0.4, -0.2) is 52.7 Å². The molecule has 2 saturated carbocycles. The number of benzene rings is 2. The number of aliphatic hydroxyl groups excluding tert-OH is 2. The Kier molecular flexibility index (Phi) is 6.93. The lowest BCUT2D eigenvalue weighted by Crippen LogP contribution is -2.58. The molecule has 2 fully saturated rings. The lowest BCUT2D eigenvalue weighted by atomic mass is 9.70. The van der Waals surface area contributed by atoms with E-state index in [4.69, 9.17) is 0 Å². The molecule has 36 heavy (non-hydrogen) atoms. The van der Waals surface area contributed by atoms with Gasteiger partial charge in [0.1, 0.15) is 16.8 Å². The minimum atomic E-state index is -4.34. The monoisotopic (exact) mass is 531 g/mol. The number of carbonyl (C=O) groups excluding carboxylic acids is 1. The highest BCUT2D eigenvalue weighted by molar-refractivity contribution is 7.92. The van der Waals surface area contributed by atoms with Gasteiger partial charge < -0.3 is 20.6 Å². The Balaban J connectivity index is 1.59. The van der Waals surface area contributed by atoms with Crippen LogP contribution in [0.5, 0.6) is 0 Å². The molecule has 196 valence electrons. The van der Waals surface area contributed by atoms with E-state index in [1.165, 1.54) is 6.92 Å². The van der Waals surface area contributed by atoms with Gasteiger partial charge in [0.15, 0.2) is 27.3 Å². The van der Waals surface area contributed by atoms with Crippen LogP contribution >= 0.6 is 0 Å². The Morgan fingerprint density at radius 3 is 2.08 bits per heavy atom. The van der Waals surface area contributed by atoms with Crippen LogP contribution in [0.25, 0.3) is 0 Å². The predicted octanol–water partition coefficient (Wildman–Crippen LogP) is 2.93. The summed E-state index contributed by atoms with van der Waals surface area (Å²) in [5.74, 6) is -8.20. The Hall–Kier alpha value is -2.54. The largest absolute Gasteiger partial charge is 0.391 e. The molecule has 4 atom stereocenters. The van der Waals surface area contributed by atoms with E-state index in [1.54, 1.807) is 0 Å². The average molecular weight is 532 g/mol. The summed E-state index contributed by atoms with van der Waals surface area (Å²) in [4.78, 5) is 11.8. The van der Waals surface area contributed by atoms with Gasteiger partial charge in [-0.1, -0.05) is 0 Å². The topological polar surface area (TPSA) is 124 Å². The molecule has 0 heterocycles. The zero-order valence-corrected chi connectivity index (χ0v) is 19.9. The third kappa shape index (κ3) is 4.40. The molecule has 0 spiro atoms. The van der Waals surface area contributed by atoms with Crippen molar-refractivity contribution in [2.45, 2.75) is 60.6 Å². The molecule has 2 bridgehead atoms. The molecule has 0 saturated heterocycles. The first kappa shape index (κ1) is 26.5. The van der Waals surface area contributed by atoms with Crippen molar-refractivity contribution in [3.63, 3.8) is 0 Å². The fraction of sp³-hybridized carbons (Fsp3) is 0.458. The molecule has 2 aromatic carbocycles. The van der Waals surface area contributed by atoms with Crippen molar-refractivity contribution in [2.75, 3.05) is 5.32 Å². The van der Waals surface area contributed by atoms with Crippen molar-refractivity contribution in [1.82, 2.24) is 0 Å². The van der Waals surface area contributed by atoms with Gasteiger partial charge in [-0.25, -0.2) is 26.0 Å². The molecule has 0 aliphatic heterocycles. The molecule has 0 aromatic heterocycles. The second-order valence-corrected chi connectivity index (χ2v) is 11.7. The smallest absolute Gasteiger partial charge is 0.255 e. The van der Waals surface area contributed by atoms with Crippen LogP contribution in [0.2, 0.25) is 0 Å². The minimum Gasteiger partial charge on any atom is -0.391 e. The molecule has 2 aliphatic rings. The number of anilines is 1. The normalized spacial score (nSPS) is 27.5. The van der Waals surface area contributed by atoms with Crippen LogP contribution in [0.4, 0.5) is 23.2 Å². The molecule has 7 nitrogen and oxygen atoms in total. The van der Waals surface area contributed by atoms with Gasteiger partial charge in [0.2, 0.25) is 0 Å². The highest BCUT2D eigenvalue weighted by atomic mass is 32.2. The number of sulfone groups is 1. The van der Waals surface area contributed by atoms with Gasteiger partial charge in [-0.3, -0.25) is 4.79 Å². The van der Waals surface area contributed by atoms with Gasteiger partial charge in [0.05, 0.1) is 17.0 Å². The van der Waals surface area contributed by atoms with Crippen molar-refractivity contribution in [2.24, 2.45) is 11.8 Å².